The van der Waals surface area contributed by atoms with Crippen molar-refractivity contribution in [2.75, 3.05) is 39.9 Å². The summed E-state index contributed by atoms with van der Waals surface area (Å²) in [5.74, 6) is 0.780. The van der Waals surface area contributed by atoms with Crippen LogP contribution < -0.4 is 0 Å². The second kappa shape index (κ2) is 7.23. The molecular weight excluding hydrogens is 304 g/mol. The van der Waals surface area contributed by atoms with Crippen molar-refractivity contribution < 1.29 is 9.53 Å². The lowest BCUT2D eigenvalue weighted by Gasteiger charge is -2.57. The Bertz CT molecular complexity index is 571. The molecule has 0 bridgehead atoms. The van der Waals surface area contributed by atoms with E-state index in [9.17, 15) is 4.79 Å². The van der Waals surface area contributed by atoms with Crippen LogP contribution in [0.25, 0.3) is 0 Å². The van der Waals surface area contributed by atoms with Gasteiger partial charge in [-0.2, -0.15) is 5.10 Å². The Morgan fingerprint density at radius 2 is 2.21 bits per heavy atom. The molecule has 6 heteroatoms. The monoisotopic (exact) mass is 334 g/mol. The van der Waals surface area contributed by atoms with E-state index in [-0.39, 0.29) is 11.4 Å². The third-order valence-electron chi connectivity index (χ3n) is 5.39. The van der Waals surface area contributed by atoms with Crippen LogP contribution in [0.5, 0.6) is 0 Å². The summed E-state index contributed by atoms with van der Waals surface area (Å²) in [7, 11) is 1.67. The van der Waals surface area contributed by atoms with Gasteiger partial charge in [0, 0.05) is 45.0 Å². The number of amides is 1. The van der Waals surface area contributed by atoms with Gasteiger partial charge >= 0.3 is 0 Å². The quantitative estimate of drug-likeness (QED) is 0.797. The van der Waals surface area contributed by atoms with E-state index in [4.69, 9.17) is 4.74 Å². The number of carbonyl (C=O) groups excluding carboxylic acids is 1. The van der Waals surface area contributed by atoms with Crippen LogP contribution in [-0.2, 0) is 11.3 Å². The maximum Gasteiger partial charge on any atom is 0.272 e. The molecular formula is C18H30N4O2. The van der Waals surface area contributed by atoms with Gasteiger partial charge in [0.2, 0.25) is 0 Å². The summed E-state index contributed by atoms with van der Waals surface area (Å²) in [5.41, 5.74) is 0.897. The molecule has 3 rings (SSSR count). The first-order valence-electron chi connectivity index (χ1n) is 9.11. The first-order chi connectivity index (χ1) is 11.6. The Morgan fingerprint density at radius 3 is 2.88 bits per heavy atom. The second-order valence-corrected chi connectivity index (χ2v) is 7.58. The van der Waals surface area contributed by atoms with E-state index < -0.39 is 0 Å². The Labute approximate surface area is 144 Å². The summed E-state index contributed by atoms with van der Waals surface area (Å²) in [6, 6.07) is 1.83. The second-order valence-electron chi connectivity index (χ2n) is 7.58. The first kappa shape index (κ1) is 17.4. The van der Waals surface area contributed by atoms with Crippen molar-refractivity contribution in [1.82, 2.24) is 19.6 Å². The number of likely N-dealkylation sites (tertiary alicyclic amines) is 2. The summed E-state index contributed by atoms with van der Waals surface area (Å²) in [6.07, 6.45) is 5.22. The fourth-order valence-corrected chi connectivity index (χ4v) is 4.09. The summed E-state index contributed by atoms with van der Waals surface area (Å²) in [4.78, 5) is 17.6. The van der Waals surface area contributed by atoms with Crippen molar-refractivity contribution in [1.29, 1.82) is 0 Å². The van der Waals surface area contributed by atoms with E-state index in [0.29, 0.717) is 24.8 Å². The molecule has 2 fully saturated rings. The molecule has 0 aliphatic carbocycles. The van der Waals surface area contributed by atoms with Crippen LogP contribution in [0.2, 0.25) is 0 Å². The number of hydrogen-bond donors (Lipinski definition) is 0. The minimum Gasteiger partial charge on any atom is -0.383 e. The highest BCUT2D eigenvalue weighted by molar-refractivity contribution is 5.92. The van der Waals surface area contributed by atoms with Crippen LogP contribution in [-0.4, -0.2) is 70.9 Å². The molecule has 2 saturated heterocycles. The van der Waals surface area contributed by atoms with Gasteiger partial charge in [-0.3, -0.25) is 14.4 Å². The maximum atomic E-state index is 13.0. The van der Waals surface area contributed by atoms with Crippen LogP contribution >= 0.6 is 0 Å². The van der Waals surface area contributed by atoms with Gasteiger partial charge in [-0.25, -0.2) is 0 Å². The van der Waals surface area contributed by atoms with Gasteiger partial charge in [0.1, 0.15) is 5.69 Å². The molecule has 0 N–H and O–H groups in total. The van der Waals surface area contributed by atoms with Crippen molar-refractivity contribution in [3.63, 3.8) is 0 Å². The van der Waals surface area contributed by atoms with E-state index in [1.165, 1.54) is 19.4 Å². The lowest BCUT2D eigenvalue weighted by molar-refractivity contribution is -0.0650. The maximum absolute atomic E-state index is 13.0. The number of nitrogens with zero attached hydrogens (tertiary/aromatic N) is 4. The molecule has 3 heterocycles. The molecule has 1 amide bonds. The van der Waals surface area contributed by atoms with E-state index in [0.717, 1.165) is 26.1 Å². The smallest absolute Gasteiger partial charge is 0.272 e. The minimum absolute atomic E-state index is 0.110. The summed E-state index contributed by atoms with van der Waals surface area (Å²) < 4.78 is 6.88. The topological polar surface area (TPSA) is 50.6 Å². The zero-order valence-corrected chi connectivity index (χ0v) is 15.2. The van der Waals surface area contributed by atoms with Gasteiger partial charge in [-0.15, -0.1) is 0 Å². The molecule has 0 radical (unpaired) electrons. The van der Waals surface area contributed by atoms with Crippen molar-refractivity contribution in [3.8, 4) is 0 Å². The van der Waals surface area contributed by atoms with Crippen LogP contribution in [0.4, 0.5) is 0 Å². The van der Waals surface area contributed by atoms with Gasteiger partial charge in [-0.1, -0.05) is 13.8 Å². The summed E-state index contributed by atoms with van der Waals surface area (Å²) in [6.45, 7) is 9.73. The highest BCUT2D eigenvalue weighted by Crippen LogP contribution is 2.39. The van der Waals surface area contributed by atoms with Gasteiger partial charge in [0.25, 0.3) is 5.91 Å². The normalized spacial score (nSPS) is 24.6. The molecule has 1 aromatic rings. The number of rotatable bonds is 6. The Kier molecular flexibility index (Phi) is 5.25. The zero-order chi connectivity index (χ0) is 17.2. The molecule has 24 heavy (non-hydrogen) atoms. The molecule has 6 nitrogen and oxygen atoms in total. The molecule has 1 spiro atoms. The predicted molar refractivity (Wildman–Crippen MR) is 93.0 cm³/mol. The average Bonchev–Trinajstić information content (AvgIpc) is 3.04. The van der Waals surface area contributed by atoms with Crippen LogP contribution in [0.3, 0.4) is 0 Å². The van der Waals surface area contributed by atoms with E-state index in [1.807, 2.05) is 11.0 Å². The third kappa shape index (κ3) is 3.35. The fraction of sp³-hybridized carbons (Fsp3) is 0.778. The van der Waals surface area contributed by atoms with Crippen molar-refractivity contribution in [3.05, 3.63) is 18.0 Å². The summed E-state index contributed by atoms with van der Waals surface area (Å²) in [5, 5.41) is 4.27. The van der Waals surface area contributed by atoms with E-state index in [2.05, 4.69) is 23.8 Å². The molecule has 134 valence electrons. The Balaban J connectivity index is 1.69. The molecule has 2 aliphatic heterocycles. The average molecular weight is 334 g/mol. The van der Waals surface area contributed by atoms with Gasteiger partial charge < -0.3 is 9.64 Å². The van der Waals surface area contributed by atoms with Crippen LogP contribution in [0.15, 0.2) is 12.3 Å². The zero-order valence-electron chi connectivity index (χ0n) is 15.2. The minimum atomic E-state index is 0.110. The summed E-state index contributed by atoms with van der Waals surface area (Å²) >= 11 is 0. The number of ether oxygens (including phenoxy) is 1. The Morgan fingerprint density at radius 1 is 1.38 bits per heavy atom. The van der Waals surface area contributed by atoms with Gasteiger partial charge in [0.05, 0.1) is 13.2 Å². The molecule has 1 atom stereocenters. The first-order valence-corrected chi connectivity index (χ1v) is 9.11. The van der Waals surface area contributed by atoms with Crippen LogP contribution in [0, 0.1) is 5.92 Å². The van der Waals surface area contributed by atoms with Crippen LogP contribution in [0.1, 0.15) is 43.6 Å². The van der Waals surface area contributed by atoms with E-state index >= 15 is 0 Å². The molecule has 0 aromatic carbocycles. The predicted octanol–water partition coefficient (Wildman–Crippen LogP) is 1.87. The highest BCUT2D eigenvalue weighted by atomic mass is 16.5. The standard InChI is InChI=1S/C18H30N4O2/c1-15(2)13-21-10-7-18(21)6-4-9-20(14-18)17(23)16-5-8-19-22(16)11-12-24-3/h5,8,15H,4,6-7,9-14H2,1-3H3/t18-/m0/s1. The molecule has 0 saturated carbocycles. The van der Waals surface area contributed by atoms with Crippen molar-refractivity contribution in [2.45, 2.75) is 45.2 Å². The number of hydrogen-bond acceptors (Lipinski definition) is 4. The molecule has 0 unspecified atom stereocenters. The van der Waals surface area contributed by atoms with E-state index in [1.54, 1.807) is 18.0 Å². The molecule has 1 aromatic heterocycles. The largest absolute Gasteiger partial charge is 0.383 e. The van der Waals surface area contributed by atoms with Crippen molar-refractivity contribution in [2.24, 2.45) is 5.92 Å². The number of methoxy groups -OCH3 is 1. The lowest BCUT2D eigenvalue weighted by Crippen LogP contribution is -2.68. The van der Waals surface area contributed by atoms with Gasteiger partial charge in [-0.05, 0) is 31.2 Å². The van der Waals surface area contributed by atoms with Gasteiger partial charge in [0.15, 0.2) is 0 Å². The SMILES string of the molecule is COCCn1nccc1C(=O)N1CCC[C@]2(CCN2CC(C)C)C1. The highest BCUT2D eigenvalue weighted by Gasteiger charge is 2.48. The number of piperidine rings is 1. The van der Waals surface area contributed by atoms with Crippen molar-refractivity contribution >= 4 is 5.91 Å². The lowest BCUT2D eigenvalue weighted by atomic mass is 9.77. The molecule has 2 aliphatic rings. The number of aromatic nitrogens is 2. The third-order valence-corrected chi connectivity index (χ3v) is 5.39. The Hall–Kier alpha value is -1.40. The number of carbonyl (C=O) groups is 1. The fourth-order valence-electron chi connectivity index (χ4n) is 4.09.